The Morgan fingerprint density at radius 1 is 0.909 bits per heavy atom. The average Bonchev–Trinajstić information content (AvgIpc) is 3.41. The minimum absolute atomic E-state index is 0.0972. The van der Waals surface area contributed by atoms with E-state index in [-0.39, 0.29) is 17.9 Å². The van der Waals surface area contributed by atoms with Crippen molar-refractivity contribution >= 4 is 11.8 Å². The highest BCUT2D eigenvalue weighted by Crippen LogP contribution is 2.14. The number of carbonyl (C=O) groups is 2. The van der Waals surface area contributed by atoms with Crippen LogP contribution >= 0.6 is 0 Å². The second-order valence-electron chi connectivity index (χ2n) is 6.94. The Morgan fingerprint density at radius 3 is 2.24 bits per heavy atom. The summed E-state index contributed by atoms with van der Waals surface area (Å²) >= 11 is 0. The molecule has 2 aromatic heterocycles. The third kappa shape index (κ3) is 5.53. The molecule has 4 aromatic rings. The molecule has 0 radical (unpaired) electrons. The Labute approximate surface area is 188 Å². The van der Waals surface area contributed by atoms with E-state index in [0.29, 0.717) is 18.1 Å². The lowest BCUT2D eigenvalue weighted by molar-refractivity contribution is 0.0944. The zero-order chi connectivity index (χ0) is 23.0. The fourth-order valence-corrected chi connectivity index (χ4v) is 2.99. The molecule has 0 aliphatic carbocycles. The van der Waals surface area contributed by atoms with Crippen molar-refractivity contribution in [3.05, 3.63) is 83.4 Å². The zero-order valence-corrected chi connectivity index (χ0v) is 17.6. The minimum Gasteiger partial charge on any atom is -0.497 e. The minimum atomic E-state index is -0.415. The monoisotopic (exact) mass is 444 g/mol. The molecule has 11 heteroatoms. The van der Waals surface area contributed by atoms with Gasteiger partial charge in [-0.3, -0.25) is 9.59 Å². The number of rotatable bonds is 8. The molecule has 0 unspecified atom stereocenters. The molecule has 2 heterocycles. The average molecular weight is 444 g/mol. The van der Waals surface area contributed by atoms with E-state index in [4.69, 9.17) is 4.74 Å². The molecule has 0 fully saturated rings. The van der Waals surface area contributed by atoms with Crippen molar-refractivity contribution in [3.8, 4) is 17.1 Å². The lowest BCUT2D eigenvalue weighted by atomic mass is 10.1. The second-order valence-corrected chi connectivity index (χ2v) is 6.94. The summed E-state index contributed by atoms with van der Waals surface area (Å²) in [6.45, 7) is 0.578. The quantitative estimate of drug-likeness (QED) is 0.371. The SMILES string of the molecule is COc1cccc(CNC(=O)c2cc(C(=O)NCc3ccc(-c4nn[nH]n4)cc3)ncn2)c1. The largest absolute Gasteiger partial charge is 0.497 e. The van der Waals surface area contributed by atoms with Crippen LogP contribution in [0.1, 0.15) is 32.1 Å². The number of nitrogens with zero attached hydrogens (tertiary/aromatic N) is 5. The fourth-order valence-electron chi connectivity index (χ4n) is 2.99. The van der Waals surface area contributed by atoms with Gasteiger partial charge in [0.2, 0.25) is 5.82 Å². The Hall–Kier alpha value is -4.67. The van der Waals surface area contributed by atoms with Crippen LogP contribution in [0.5, 0.6) is 5.75 Å². The van der Waals surface area contributed by atoms with E-state index in [1.54, 1.807) is 7.11 Å². The third-order valence-corrected chi connectivity index (χ3v) is 4.73. The summed E-state index contributed by atoms with van der Waals surface area (Å²) in [5, 5.41) is 19.3. The molecular formula is C22H20N8O3. The number of aromatic nitrogens is 6. The number of aromatic amines is 1. The van der Waals surface area contributed by atoms with E-state index in [1.807, 2.05) is 48.5 Å². The van der Waals surface area contributed by atoms with E-state index in [9.17, 15) is 9.59 Å². The summed E-state index contributed by atoms with van der Waals surface area (Å²) in [6, 6.07) is 16.1. The molecule has 2 amide bonds. The van der Waals surface area contributed by atoms with Gasteiger partial charge in [0.05, 0.1) is 7.11 Å². The predicted octanol–water partition coefficient (Wildman–Crippen LogP) is 1.53. The Kier molecular flexibility index (Phi) is 6.59. The second kappa shape index (κ2) is 10.1. The Morgan fingerprint density at radius 2 is 1.61 bits per heavy atom. The number of methoxy groups -OCH3 is 1. The highest BCUT2D eigenvalue weighted by molar-refractivity contribution is 5.97. The standard InChI is InChI=1S/C22H20N8O3/c1-33-17-4-2-3-15(9-17)12-24-22(32)19-10-18(25-13-26-19)21(31)23-11-14-5-7-16(8-6-14)20-27-29-30-28-20/h2-10,13H,11-12H2,1H3,(H,23,31)(H,24,32)(H,27,28,29,30). The first-order valence-corrected chi connectivity index (χ1v) is 9.96. The third-order valence-electron chi connectivity index (χ3n) is 4.73. The first-order valence-electron chi connectivity index (χ1n) is 9.96. The van der Waals surface area contributed by atoms with Gasteiger partial charge >= 0.3 is 0 Å². The highest BCUT2D eigenvalue weighted by Gasteiger charge is 2.13. The van der Waals surface area contributed by atoms with Crippen molar-refractivity contribution in [3.63, 3.8) is 0 Å². The summed E-state index contributed by atoms with van der Waals surface area (Å²) in [5.41, 5.74) is 2.75. The van der Waals surface area contributed by atoms with Crippen molar-refractivity contribution in [1.29, 1.82) is 0 Å². The van der Waals surface area contributed by atoms with Gasteiger partial charge in [0.15, 0.2) is 0 Å². The molecule has 3 N–H and O–H groups in total. The smallest absolute Gasteiger partial charge is 0.270 e. The van der Waals surface area contributed by atoms with Gasteiger partial charge in [0.25, 0.3) is 11.8 Å². The molecule has 0 aliphatic heterocycles. The van der Waals surface area contributed by atoms with Crippen molar-refractivity contribution in [1.82, 2.24) is 41.2 Å². The van der Waals surface area contributed by atoms with Gasteiger partial charge in [-0.25, -0.2) is 9.97 Å². The van der Waals surface area contributed by atoms with Crippen LogP contribution in [0.2, 0.25) is 0 Å². The van der Waals surface area contributed by atoms with Gasteiger partial charge in [-0.2, -0.15) is 5.21 Å². The van der Waals surface area contributed by atoms with E-state index < -0.39 is 11.8 Å². The maximum Gasteiger partial charge on any atom is 0.270 e. The van der Waals surface area contributed by atoms with Gasteiger partial charge in [-0.15, -0.1) is 10.2 Å². The number of hydrogen-bond donors (Lipinski definition) is 3. The number of nitrogens with one attached hydrogen (secondary N) is 3. The zero-order valence-electron chi connectivity index (χ0n) is 17.6. The lowest BCUT2D eigenvalue weighted by Gasteiger charge is -2.08. The molecule has 0 saturated heterocycles. The number of hydrogen-bond acceptors (Lipinski definition) is 8. The van der Waals surface area contributed by atoms with Gasteiger partial charge in [-0.05, 0) is 28.5 Å². The molecule has 0 saturated carbocycles. The summed E-state index contributed by atoms with van der Waals surface area (Å²) in [4.78, 5) is 32.9. The van der Waals surface area contributed by atoms with E-state index >= 15 is 0 Å². The van der Waals surface area contributed by atoms with Crippen LogP contribution in [0.4, 0.5) is 0 Å². The normalized spacial score (nSPS) is 10.5. The predicted molar refractivity (Wildman–Crippen MR) is 117 cm³/mol. The van der Waals surface area contributed by atoms with Crippen LogP contribution in [0.15, 0.2) is 60.9 Å². The van der Waals surface area contributed by atoms with Crippen LogP contribution in [0.3, 0.4) is 0 Å². The number of tetrazole rings is 1. The molecule has 11 nitrogen and oxygen atoms in total. The highest BCUT2D eigenvalue weighted by atomic mass is 16.5. The summed E-state index contributed by atoms with van der Waals surface area (Å²) < 4.78 is 5.18. The van der Waals surface area contributed by atoms with Crippen LogP contribution in [0.25, 0.3) is 11.4 Å². The van der Waals surface area contributed by atoms with Crippen LogP contribution in [-0.2, 0) is 13.1 Å². The van der Waals surface area contributed by atoms with Crippen LogP contribution in [-0.4, -0.2) is 49.5 Å². The number of amides is 2. The number of ether oxygens (including phenoxy) is 1. The van der Waals surface area contributed by atoms with Crippen LogP contribution < -0.4 is 15.4 Å². The van der Waals surface area contributed by atoms with Gasteiger partial charge < -0.3 is 15.4 Å². The molecule has 2 aromatic carbocycles. The van der Waals surface area contributed by atoms with Gasteiger partial charge in [-0.1, -0.05) is 36.4 Å². The summed E-state index contributed by atoms with van der Waals surface area (Å²) in [6.07, 6.45) is 1.19. The van der Waals surface area contributed by atoms with E-state index in [2.05, 4.69) is 41.2 Å². The Bertz CT molecular complexity index is 1240. The molecule has 33 heavy (non-hydrogen) atoms. The van der Waals surface area contributed by atoms with Gasteiger partial charge in [0, 0.05) is 24.7 Å². The van der Waals surface area contributed by atoms with Crippen molar-refractivity contribution < 1.29 is 14.3 Å². The van der Waals surface area contributed by atoms with Crippen molar-refractivity contribution in [2.24, 2.45) is 0 Å². The summed E-state index contributed by atoms with van der Waals surface area (Å²) in [7, 11) is 1.58. The molecule has 166 valence electrons. The molecular weight excluding hydrogens is 424 g/mol. The first-order chi connectivity index (χ1) is 16.1. The molecule has 4 rings (SSSR count). The lowest BCUT2D eigenvalue weighted by Crippen LogP contribution is -2.27. The first kappa shape index (κ1) is 21.6. The molecule has 0 aliphatic rings. The van der Waals surface area contributed by atoms with E-state index in [1.165, 1.54) is 12.4 Å². The maximum absolute atomic E-state index is 12.5. The topological polar surface area (TPSA) is 148 Å². The van der Waals surface area contributed by atoms with Crippen molar-refractivity contribution in [2.45, 2.75) is 13.1 Å². The summed E-state index contributed by atoms with van der Waals surface area (Å²) in [5.74, 6) is 0.365. The molecule has 0 bridgehead atoms. The van der Waals surface area contributed by atoms with Crippen LogP contribution in [0, 0.1) is 0 Å². The Balaban J connectivity index is 1.33. The van der Waals surface area contributed by atoms with E-state index in [0.717, 1.165) is 16.7 Å². The molecule has 0 spiro atoms. The number of benzene rings is 2. The van der Waals surface area contributed by atoms with Crippen molar-refractivity contribution in [2.75, 3.05) is 7.11 Å². The fraction of sp³-hybridized carbons (Fsp3) is 0.136. The number of H-pyrrole nitrogens is 1. The van der Waals surface area contributed by atoms with Gasteiger partial charge in [0.1, 0.15) is 23.5 Å². The molecule has 0 atom stereocenters. The number of carbonyl (C=O) groups excluding carboxylic acids is 2. The maximum atomic E-state index is 12.5.